The third-order valence-electron chi connectivity index (χ3n) is 5.73. The van der Waals surface area contributed by atoms with Crippen LogP contribution in [0.15, 0.2) is 24.3 Å². The monoisotopic (exact) mass is 326 g/mol. The number of nitrogens with two attached hydrogens (primary N) is 1. The highest BCUT2D eigenvalue weighted by atomic mass is 16.1. The third-order valence-corrected chi connectivity index (χ3v) is 5.73. The Morgan fingerprint density at radius 2 is 2.00 bits per heavy atom. The minimum Gasteiger partial charge on any atom is -0.353 e. The van der Waals surface area contributed by atoms with E-state index in [0.717, 1.165) is 29.7 Å². The van der Waals surface area contributed by atoms with E-state index < -0.39 is 0 Å². The van der Waals surface area contributed by atoms with Crippen LogP contribution >= 0.6 is 0 Å². The normalized spacial score (nSPS) is 29.5. The van der Waals surface area contributed by atoms with Crippen molar-refractivity contribution in [2.45, 2.75) is 57.0 Å². The molecule has 2 atom stereocenters. The summed E-state index contributed by atoms with van der Waals surface area (Å²) < 4.78 is 0. The van der Waals surface area contributed by atoms with Gasteiger partial charge in [0.2, 0.25) is 5.91 Å². The minimum atomic E-state index is 0.146. The fourth-order valence-electron chi connectivity index (χ4n) is 4.64. The first kappa shape index (κ1) is 15.6. The number of aryl methyl sites for hydroxylation is 1. The predicted octanol–water partition coefficient (Wildman–Crippen LogP) is 2.52. The van der Waals surface area contributed by atoms with E-state index in [-0.39, 0.29) is 5.91 Å². The number of carbonyl (C=O) groups excluding carboxylic acids is 1. The number of H-pyrrole nitrogens is 1. The van der Waals surface area contributed by atoms with Crippen LogP contribution in [-0.2, 0) is 11.2 Å². The van der Waals surface area contributed by atoms with Gasteiger partial charge in [-0.1, -0.05) is 18.6 Å². The molecule has 4 rings (SSSR count). The number of nitrogens with one attached hydrogen (secondary N) is 2. The average molecular weight is 326 g/mol. The number of para-hydroxylation sites is 2. The summed E-state index contributed by atoms with van der Waals surface area (Å²) in [6.45, 7) is 0. The second-order valence-corrected chi connectivity index (χ2v) is 7.48. The number of hydrogen-bond donors (Lipinski definition) is 3. The maximum Gasteiger partial charge on any atom is 0.220 e. The van der Waals surface area contributed by atoms with Gasteiger partial charge in [-0.15, -0.1) is 0 Å². The number of aromatic nitrogens is 2. The summed E-state index contributed by atoms with van der Waals surface area (Å²) in [7, 11) is 0. The van der Waals surface area contributed by atoms with Gasteiger partial charge in [0.25, 0.3) is 0 Å². The molecule has 2 aliphatic carbocycles. The molecule has 2 bridgehead atoms. The summed E-state index contributed by atoms with van der Waals surface area (Å²) in [6.07, 6.45) is 6.96. The summed E-state index contributed by atoms with van der Waals surface area (Å²) in [5.74, 6) is 2.18. The van der Waals surface area contributed by atoms with Crippen molar-refractivity contribution in [1.29, 1.82) is 0 Å². The molecule has 5 heteroatoms. The summed E-state index contributed by atoms with van der Waals surface area (Å²) >= 11 is 0. The van der Waals surface area contributed by atoms with Gasteiger partial charge in [0, 0.05) is 24.9 Å². The number of benzene rings is 1. The Labute approximate surface area is 142 Å². The molecule has 2 fully saturated rings. The number of nitrogens with zero attached hydrogens (tertiary/aromatic N) is 1. The van der Waals surface area contributed by atoms with Gasteiger partial charge in [0.1, 0.15) is 5.82 Å². The van der Waals surface area contributed by atoms with Gasteiger partial charge in [0.05, 0.1) is 11.0 Å². The number of rotatable bonds is 4. The molecule has 0 spiro atoms. The fraction of sp³-hybridized carbons (Fsp3) is 0.579. The molecule has 5 nitrogen and oxygen atoms in total. The number of hydrogen-bond acceptors (Lipinski definition) is 3. The zero-order valence-corrected chi connectivity index (χ0v) is 14.0. The van der Waals surface area contributed by atoms with E-state index >= 15 is 0 Å². The Morgan fingerprint density at radius 3 is 2.75 bits per heavy atom. The van der Waals surface area contributed by atoms with Crippen molar-refractivity contribution in [1.82, 2.24) is 15.3 Å². The lowest BCUT2D eigenvalue weighted by Crippen LogP contribution is -2.53. The number of imidazole rings is 1. The lowest BCUT2D eigenvalue weighted by atomic mass is 9.67. The van der Waals surface area contributed by atoms with Crippen LogP contribution in [0.3, 0.4) is 0 Å². The molecule has 0 saturated heterocycles. The molecule has 2 aromatic rings. The number of fused-ring (bicyclic) bond motifs is 3. The standard InChI is InChI=1S/C19H26N4O/c20-14-10-12-4-3-5-13(11-14)19(12)23-18(24)9-8-17-21-15-6-1-2-7-16(15)22-17/h1-2,6-7,12-14,19H,3-5,8-11,20H2,(H,21,22)(H,23,24). The molecule has 128 valence electrons. The maximum absolute atomic E-state index is 12.4. The van der Waals surface area contributed by atoms with Crippen molar-refractivity contribution in [3.8, 4) is 0 Å². The second kappa shape index (κ2) is 6.55. The molecular formula is C19H26N4O. The highest BCUT2D eigenvalue weighted by Crippen LogP contribution is 2.39. The van der Waals surface area contributed by atoms with E-state index in [9.17, 15) is 4.79 Å². The lowest BCUT2D eigenvalue weighted by molar-refractivity contribution is -0.123. The van der Waals surface area contributed by atoms with Crippen LogP contribution in [0.4, 0.5) is 0 Å². The Balaban J connectivity index is 1.35. The SMILES string of the molecule is NC1CC2CCCC(C1)C2NC(=O)CCc1nc2ccccc2[nH]1. The third kappa shape index (κ3) is 3.18. The number of amides is 1. The van der Waals surface area contributed by atoms with Crippen molar-refractivity contribution in [3.05, 3.63) is 30.1 Å². The largest absolute Gasteiger partial charge is 0.353 e. The topological polar surface area (TPSA) is 83.8 Å². The molecule has 0 radical (unpaired) electrons. The van der Waals surface area contributed by atoms with Crippen LogP contribution < -0.4 is 11.1 Å². The quantitative estimate of drug-likeness (QED) is 0.807. The lowest BCUT2D eigenvalue weighted by Gasteiger charge is -2.45. The van der Waals surface area contributed by atoms with Crippen LogP contribution in [0.2, 0.25) is 0 Å². The molecule has 2 saturated carbocycles. The highest BCUT2D eigenvalue weighted by Gasteiger charge is 2.39. The summed E-state index contributed by atoms with van der Waals surface area (Å²) in [5, 5.41) is 3.31. The van der Waals surface area contributed by atoms with Gasteiger partial charge in [-0.05, 0) is 49.7 Å². The Bertz CT molecular complexity index is 678. The predicted molar refractivity (Wildman–Crippen MR) is 94.4 cm³/mol. The smallest absolute Gasteiger partial charge is 0.220 e. The zero-order chi connectivity index (χ0) is 16.5. The second-order valence-electron chi connectivity index (χ2n) is 7.48. The van der Waals surface area contributed by atoms with Gasteiger partial charge in [-0.3, -0.25) is 4.79 Å². The van der Waals surface area contributed by atoms with Crippen molar-refractivity contribution in [2.75, 3.05) is 0 Å². The van der Waals surface area contributed by atoms with Crippen LogP contribution in [0.5, 0.6) is 0 Å². The summed E-state index contributed by atoms with van der Waals surface area (Å²) in [6, 6.07) is 8.63. The first-order valence-corrected chi connectivity index (χ1v) is 9.17. The molecule has 1 aromatic carbocycles. The number of carbonyl (C=O) groups is 1. The van der Waals surface area contributed by atoms with E-state index in [0.29, 0.717) is 36.8 Å². The van der Waals surface area contributed by atoms with E-state index in [4.69, 9.17) is 5.73 Å². The van der Waals surface area contributed by atoms with E-state index in [1.165, 1.54) is 19.3 Å². The van der Waals surface area contributed by atoms with Crippen molar-refractivity contribution < 1.29 is 4.79 Å². The van der Waals surface area contributed by atoms with Gasteiger partial charge in [-0.25, -0.2) is 4.98 Å². The first-order chi connectivity index (χ1) is 11.7. The Hall–Kier alpha value is -1.88. The maximum atomic E-state index is 12.4. The molecule has 1 aromatic heterocycles. The first-order valence-electron chi connectivity index (χ1n) is 9.17. The van der Waals surface area contributed by atoms with Crippen LogP contribution in [-0.4, -0.2) is 28.0 Å². The molecular weight excluding hydrogens is 300 g/mol. The molecule has 1 amide bonds. The van der Waals surface area contributed by atoms with Gasteiger partial charge >= 0.3 is 0 Å². The van der Waals surface area contributed by atoms with Crippen molar-refractivity contribution in [2.24, 2.45) is 17.6 Å². The Morgan fingerprint density at radius 1 is 1.25 bits per heavy atom. The molecule has 2 aliphatic rings. The highest BCUT2D eigenvalue weighted by molar-refractivity contribution is 5.77. The van der Waals surface area contributed by atoms with Gasteiger partial charge in [0.15, 0.2) is 0 Å². The molecule has 4 N–H and O–H groups in total. The molecule has 0 aliphatic heterocycles. The minimum absolute atomic E-state index is 0.146. The van der Waals surface area contributed by atoms with E-state index in [1.807, 2.05) is 24.3 Å². The average Bonchev–Trinajstić information content (AvgIpc) is 2.97. The van der Waals surface area contributed by atoms with Gasteiger partial charge in [-0.2, -0.15) is 0 Å². The van der Waals surface area contributed by atoms with Crippen LogP contribution in [0, 0.1) is 11.8 Å². The number of aromatic amines is 1. The van der Waals surface area contributed by atoms with Crippen LogP contribution in [0.1, 0.15) is 44.3 Å². The van der Waals surface area contributed by atoms with E-state index in [1.54, 1.807) is 0 Å². The van der Waals surface area contributed by atoms with Crippen LogP contribution in [0.25, 0.3) is 11.0 Å². The summed E-state index contributed by atoms with van der Waals surface area (Å²) in [5.41, 5.74) is 8.16. The Kier molecular flexibility index (Phi) is 4.27. The molecule has 24 heavy (non-hydrogen) atoms. The fourth-order valence-corrected chi connectivity index (χ4v) is 4.64. The summed E-state index contributed by atoms with van der Waals surface area (Å²) in [4.78, 5) is 20.3. The zero-order valence-electron chi connectivity index (χ0n) is 14.0. The van der Waals surface area contributed by atoms with Crippen molar-refractivity contribution >= 4 is 16.9 Å². The van der Waals surface area contributed by atoms with Gasteiger partial charge < -0.3 is 16.0 Å². The van der Waals surface area contributed by atoms with E-state index in [2.05, 4.69) is 15.3 Å². The van der Waals surface area contributed by atoms with Crippen molar-refractivity contribution in [3.63, 3.8) is 0 Å². The molecule has 2 unspecified atom stereocenters. The molecule has 1 heterocycles.